The minimum atomic E-state index is -0.802. The summed E-state index contributed by atoms with van der Waals surface area (Å²) in [5.74, 6) is -1.35. The first-order valence-electron chi connectivity index (χ1n) is 7.29. The van der Waals surface area contributed by atoms with Gasteiger partial charge in [0.25, 0.3) is 0 Å². The molecule has 0 heterocycles. The van der Waals surface area contributed by atoms with Gasteiger partial charge in [0, 0.05) is 0 Å². The fourth-order valence-corrected chi connectivity index (χ4v) is 2.41. The van der Waals surface area contributed by atoms with Gasteiger partial charge in [-0.3, -0.25) is 9.59 Å². The molecular weight excluding hydrogens is 244 g/mol. The van der Waals surface area contributed by atoms with Gasteiger partial charge in [-0.15, -0.1) is 0 Å². The van der Waals surface area contributed by atoms with Crippen LogP contribution in [0.5, 0.6) is 0 Å². The molecule has 0 amide bonds. The first kappa shape index (κ1) is 16.0. The van der Waals surface area contributed by atoms with Crippen molar-refractivity contribution in [2.75, 3.05) is 6.61 Å². The predicted molar refractivity (Wildman–Crippen MR) is 72.5 cm³/mol. The van der Waals surface area contributed by atoms with E-state index in [9.17, 15) is 9.59 Å². The number of carbonyl (C=O) groups excluding carboxylic acids is 2. The normalized spacial score (nSPS) is 17.8. The van der Waals surface area contributed by atoms with Crippen molar-refractivity contribution in [1.82, 2.24) is 0 Å². The van der Waals surface area contributed by atoms with Gasteiger partial charge in [-0.1, -0.05) is 26.7 Å². The van der Waals surface area contributed by atoms with Gasteiger partial charge in [0.2, 0.25) is 0 Å². The quantitative estimate of drug-likeness (QED) is 0.550. The Morgan fingerprint density at radius 3 is 2.11 bits per heavy atom. The molecular formula is C15H26O4. The Bertz CT molecular complexity index is 303. The number of rotatable bonds is 6. The van der Waals surface area contributed by atoms with Crippen molar-refractivity contribution in [1.29, 1.82) is 0 Å². The lowest BCUT2D eigenvalue weighted by atomic mass is 9.96. The minimum Gasteiger partial charge on any atom is -0.465 e. The lowest BCUT2D eigenvalue weighted by Crippen LogP contribution is -2.34. The van der Waals surface area contributed by atoms with Crippen LogP contribution < -0.4 is 0 Å². The van der Waals surface area contributed by atoms with Crippen molar-refractivity contribution in [3.8, 4) is 0 Å². The third kappa shape index (κ3) is 5.21. The van der Waals surface area contributed by atoms with E-state index in [2.05, 4.69) is 0 Å². The molecule has 0 N–H and O–H groups in total. The van der Waals surface area contributed by atoms with E-state index >= 15 is 0 Å². The molecule has 0 aromatic carbocycles. The smallest absolute Gasteiger partial charge is 0.320 e. The molecule has 1 unspecified atom stereocenters. The summed E-state index contributed by atoms with van der Waals surface area (Å²) in [5.41, 5.74) is 0. The highest BCUT2D eigenvalue weighted by Crippen LogP contribution is 2.25. The summed E-state index contributed by atoms with van der Waals surface area (Å²) in [6, 6.07) is 0. The Kier molecular flexibility index (Phi) is 6.32. The molecule has 4 nitrogen and oxygen atoms in total. The van der Waals surface area contributed by atoms with Crippen LogP contribution in [0.4, 0.5) is 0 Å². The molecule has 110 valence electrons. The van der Waals surface area contributed by atoms with E-state index in [-0.39, 0.29) is 12.0 Å². The highest BCUT2D eigenvalue weighted by molar-refractivity contribution is 5.95. The summed E-state index contributed by atoms with van der Waals surface area (Å²) in [6.45, 7) is 7.67. The molecule has 1 aliphatic carbocycles. The van der Waals surface area contributed by atoms with Crippen LogP contribution in [0.2, 0.25) is 0 Å². The summed E-state index contributed by atoms with van der Waals surface area (Å²) >= 11 is 0. The van der Waals surface area contributed by atoms with Crippen LogP contribution in [0, 0.1) is 17.8 Å². The molecule has 0 saturated heterocycles. The predicted octanol–water partition coefficient (Wildman–Crippen LogP) is 2.94. The Labute approximate surface area is 115 Å². The van der Waals surface area contributed by atoms with Gasteiger partial charge >= 0.3 is 11.9 Å². The molecule has 4 heteroatoms. The van der Waals surface area contributed by atoms with Gasteiger partial charge < -0.3 is 9.47 Å². The third-order valence-corrected chi connectivity index (χ3v) is 3.46. The molecule has 1 aliphatic rings. The zero-order chi connectivity index (χ0) is 14.4. The van der Waals surface area contributed by atoms with Crippen LogP contribution in [0.25, 0.3) is 0 Å². The molecule has 1 atom stereocenters. The van der Waals surface area contributed by atoms with E-state index in [0.29, 0.717) is 12.5 Å². The van der Waals surface area contributed by atoms with Gasteiger partial charge in [-0.2, -0.15) is 0 Å². The van der Waals surface area contributed by atoms with Crippen molar-refractivity contribution < 1.29 is 19.1 Å². The summed E-state index contributed by atoms with van der Waals surface area (Å²) in [7, 11) is 0. The monoisotopic (exact) mass is 270 g/mol. The second-order valence-corrected chi connectivity index (χ2v) is 5.99. The van der Waals surface area contributed by atoms with Gasteiger partial charge in [-0.05, 0) is 38.5 Å². The van der Waals surface area contributed by atoms with E-state index in [4.69, 9.17) is 9.47 Å². The van der Waals surface area contributed by atoms with Gasteiger partial charge in [-0.25, -0.2) is 0 Å². The van der Waals surface area contributed by atoms with Crippen LogP contribution >= 0.6 is 0 Å². The fourth-order valence-electron chi connectivity index (χ4n) is 2.41. The third-order valence-electron chi connectivity index (χ3n) is 3.46. The van der Waals surface area contributed by atoms with Crippen molar-refractivity contribution >= 4 is 11.9 Å². The second kappa shape index (κ2) is 7.51. The zero-order valence-electron chi connectivity index (χ0n) is 12.5. The Morgan fingerprint density at radius 2 is 1.63 bits per heavy atom. The molecule has 1 saturated carbocycles. The molecule has 0 spiro atoms. The first-order valence-corrected chi connectivity index (χ1v) is 7.29. The van der Waals surface area contributed by atoms with Crippen LogP contribution in [0.1, 0.15) is 53.4 Å². The summed E-state index contributed by atoms with van der Waals surface area (Å²) < 4.78 is 10.4. The van der Waals surface area contributed by atoms with E-state index in [1.807, 2.05) is 13.8 Å². The zero-order valence-corrected chi connectivity index (χ0v) is 12.5. The van der Waals surface area contributed by atoms with Gasteiger partial charge in [0.15, 0.2) is 5.92 Å². The number of hydrogen-bond donors (Lipinski definition) is 0. The summed E-state index contributed by atoms with van der Waals surface area (Å²) in [5, 5.41) is 0. The number of carbonyl (C=O) groups is 2. The topological polar surface area (TPSA) is 52.6 Å². The number of ether oxygens (including phenoxy) is 2. The second-order valence-electron chi connectivity index (χ2n) is 5.99. The van der Waals surface area contributed by atoms with E-state index in [0.717, 1.165) is 12.8 Å². The molecule has 0 radical (unpaired) electrons. The first-order chi connectivity index (χ1) is 8.91. The Morgan fingerprint density at radius 1 is 1.05 bits per heavy atom. The fraction of sp³-hybridized carbons (Fsp3) is 0.867. The van der Waals surface area contributed by atoms with Crippen LogP contribution in [-0.4, -0.2) is 24.6 Å². The summed E-state index contributed by atoms with van der Waals surface area (Å²) in [6.07, 6.45) is 4.46. The SMILES string of the molecule is CC(C)OC(=O)C(C(=O)OCC1CCCC1)C(C)C. The van der Waals surface area contributed by atoms with Gasteiger partial charge in [0.05, 0.1) is 12.7 Å². The average Bonchev–Trinajstić information content (AvgIpc) is 2.77. The Balaban J connectivity index is 2.49. The number of esters is 2. The van der Waals surface area contributed by atoms with Crippen molar-refractivity contribution in [2.24, 2.45) is 17.8 Å². The van der Waals surface area contributed by atoms with E-state index < -0.39 is 17.9 Å². The minimum absolute atomic E-state index is 0.109. The molecule has 19 heavy (non-hydrogen) atoms. The Hall–Kier alpha value is -1.06. The van der Waals surface area contributed by atoms with E-state index in [1.54, 1.807) is 13.8 Å². The highest BCUT2D eigenvalue weighted by Gasteiger charge is 2.34. The number of hydrogen-bond acceptors (Lipinski definition) is 4. The van der Waals surface area contributed by atoms with Crippen molar-refractivity contribution in [2.45, 2.75) is 59.5 Å². The van der Waals surface area contributed by atoms with Crippen LogP contribution in [0.15, 0.2) is 0 Å². The standard InChI is InChI=1S/C15H26O4/c1-10(2)13(15(17)19-11(3)4)14(16)18-9-12-7-5-6-8-12/h10-13H,5-9H2,1-4H3. The van der Waals surface area contributed by atoms with Crippen molar-refractivity contribution in [3.05, 3.63) is 0 Å². The van der Waals surface area contributed by atoms with Crippen LogP contribution in [-0.2, 0) is 19.1 Å². The largest absolute Gasteiger partial charge is 0.465 e. The van der Waals surface area contributed by atoms with Crippen LogP contribution in [0.3, 0.4) is 0 Å². The average molecular weight is 270 g/mol. The maximum atomic E-state index is 12.0. The molecule has 0 aromatic heterocycles. The molecule has 1 rings (SSSR count). The molecule has 0 aliphatic heterocycles. The maximum absolute atomic E-state index is 12.0. The molecule has 0 bridgehead atoms. The molecule has 1 fully saturated rings. The molecule has 0 aromatic rings. The summed E-state index contributed by atoms with van der Waals surface area (Å²) in [4.78, 5) is 24.0. The van der Waals surface area contributed by atoms with E-state index in [1.165, 1.54) is 12.8 Å². The lowest BCUT2D eigenvalue weighted by Gasteiger charge is -2.20. The maximum Gasteiger partial charge on any atom is 0.320 e. The highest BCUT2D eigenvalue weighted by atomic mass is 16.6. The lowest BCUT2D eigenvalue weighted by molar-refractivity contribution is -0.167. The van der Waals surface area contributed by atoms with Gasteiger partial charge in [0.1, 0.15) is 0 Å². The van der Waals surface area contributed by atoms with Crippen molar-refractivity contribution in [3.63, 3.8) is 0 Å².